The number of aromatic nitrogens is 3. The van der Waals surface area contributed by atoms with Crippen LogP contribution in [0, 0.1) is 0 Å². The first kappa shape index (κ1) is 15.9. The van der Waals surface area contributed by atoms with Gasteiger partial charge in [0.2, 0.25) is 0 Å². The third kappa shape index (κ3) is 4.80. The van der Waals surface area contributed by atoms with Crippen LogP contribution in [0.2, 0.25) is 0 Å². The van der Waals surface area contributed by atoms with Crippen molar-refractivity contribution in [3.05, 3.63) is 24.0 Å². The van der Waals surface area contributed by atoms with Gasteiger partial charge in [-0.3, -0.25) is 9.40 Å². The van der Waals surface area contributed by atoms with E-state index in [2.05, 4.69) is 34.0 Å². The molecule has 0 spiro atoms. The molecule has 21 heavy (non-hydrogen) atoms. The van der Waals surface area contributed by atoms with Crippen molar-refractivity contribution in [3.8, 4) is 0 Å². The standard InChI is InChI=1S/C12H19N5O2S2/c1-10(2)13-4-3-6-17-9-11(8-15-17)21(18,19)16-12-14-5-7-20-12/h5,7-10,13H,3-4,6H2,1-2H3,(H,14,16). The molecule has 2 N–H and O–H groups in total. The molecule has 0 radical (unpaired) electrons. The summed E-state index contributed by atoms with van der Waals surface area (Å²) in [6.45, 7) is 5.72. The highest BCUT2D eigenvalue weighted by atomic mass is 32.2. The summed E-state index contributed by atoms with van der Waals surface area (Å²) in [5.74, 6) is 0. The fourth-order valence-electron chi connectivity index (χ4n) is 1.69. The Morgan fingerprint density at radius 1 is 1.43 bits per heavy atom. The lowest BCUT2D eigenvalue weighted by Gasteiger charge is -2.07. The van der Waals surface area contributed by atoms with Crippen LogP contribution in [0.15, 0.2) is 28.9 Å². The van der Waals surface area contributed by atoms with E-state index in [1.807, 2.05) is 0 Å². The molecule has 0 aliphatic rings. The Kier molecular flexibility index (Phi) is 5.32. The molecule has 0 aliphatic heterocycles. The topological polar surface area (TPSA) is 88.9 Å². The summed E-state index contributed by atoms with van der Waals surface area (Å²) in [5, 5.41) is 9.45. The molecule has 2 aromatic heterocycles. The highest BCUT2D eigenvalue weighted by Gasteiger charge is 2.17. The van der Waals surface area contributed by atoms with Crippen molar-refractivity contribution < 1.29 is 8.42 Å². The minimum Gasteiger partial charge on any atom is -0.314 e. The van der Waals surface area contributed by atoms with Gasteiger partial charge in [0.1, 0.15) is 4.90 Å². The second kappa shape index (κ2) is 7.01. The Hall–Kier alpha value is -1.45. The number of hydrogen-bond acceptors (Lipinski definition) is 6. The third-order valence-corrected chi connectivity index (χ3v) is 4.80. The van der Waals surface area contributed by atoms with E-state index >= 15 is 0 Å². The predicted molar refractivity (Wildman–Crippen MR) is 82.9 cm³/mol. The second-order valence-electron chi connectivity index (χ2n) is 4.84. The summed E-state index contributed by atoms with van der Waals surface area (Å²) < 4.78 is 28.3. The molecular formula is C12H19N5O2S2. The highest BCUT2D eigenvalue weighted by Crippen LogP contribution is 2.17. The molecule has 0 atom stereocenters. The molecular weight excluding hydrogens is 310 g/mol. The van der Waals surface area contributed by atoms with Crippen molar-refractivity contribution in [2.24, 2.45) is 0 Å². The molecule has 0 amide bonds. The van der Waals surface area contributed by atoms with Crippen LogP contribution in [0.4, 0.5) is 5.13 Å². The van der Waals surface area contributed by atoms with Gasteiger partial charge in [0.05, 0.1) is 6.20 Å². The number of rotatable bonds is 8. The van der Waals surface area contributed by atoms with E-state index in [0.29, 0.717) is 17.7 Å². The maximum absolute atomic E-state index is 12.1. The van der Waals surface area contributed by atoms with Crippen LogP contribution in [0.1, 0.15) is 20.3 Å². The Balaban J connectivity index is 1.92. The number of aryl methyl sites for hydroxylation is 1. The molecule has 2 rings (SSSR count). The van der Waals surface area contributed by atoms with Gasteiger partial charge in [-0.15, -0.1) is 11.3 Å². The molecule has 0 saturated carbocycles. The van der Waals surface area contributed by atoms with Crippen LogP contribution in [-0.2, 0) is 16.6 Å². The lowest BCUT2D eigenvalue weighted by molar-refractivity contribution is 0.513. The van der Waals surface area contributed by atoms with Crippen LogP contribution >= 0.6 is 11.3 Å². The van der Waals surface area contributed by atoms with Crippen molar-refractivity contribution in [1.82, 2.24) is 20.1 Å². The van der Waals surface area contributed by atoms with Gasteiger partial charge in [-0.05, 0) is 13.0 Å². The highest BCUT2D eigenvalue weighted by molar-refractivity contribution is 7.93. The van der Waals surface area contributed by atoms with Gasteiger partial charge in [-0.1, -0.05) is 13.8 Å². The average Bonchev–Trinajstić information content (AvgIpc) is 3.05. The van der Waals surface area contributed by atoms with Gasteiger partial charge in [-0.2, -0.15) is 5.10 Å². The van der Waals surface area contributed by atoms with Crippen molar-refractivity contribution in [3.63, 3.8) is 0 Å². The van der Waals surface area contributed by atoms with E-state index in [0.717, 1.165) is 13.0 Å². The largest absolute Gasteiger partial charge is 0.314 e. The smallest absolute Gasteiger partial charge is 0.266 e. The molecule has 0 saturated heterocycles. The number of nitrogens with one attached hydrogen (secondary N) is 2. The molecule has 0 unspecified atom stereocenters. The van der Waals surface area contributed by atoms with Crippen LogP contribution < -0.4 is 10.0 Å². The van der Waals surface area contributed by atoms with Gasteiger partial charge < -0.3 is 5.32 Å². The number of thiazole rings is 1. The van der Waals surface area contributed by atoms with Gasteiger partial charge in [0.15, 0.2) is 5.13 Å². The third-order valence-electron chi connectivity index (χ3n) is 2.69. The summed E-state index contributed by atoms with van der Waals surface area (Å²) in [5.41, 5.74) is 0. The molecule has 116 valence electrons. The number of anilines is 1. The van der Waals surface area contributed by atoms with Crippen LogP contribution in [0.3, 0.4) is 0 Å². The first-order valence-corrected chi connectivity index (χ1v) is 9.02. The number of hydrogen-bond donors (Lipinski definition) is 2. The normalized spacial score (nSPS) is 12.0. The van der Waals surface area contributed by atoms with Gasteiger partial charge in [-0.25, -0.2) is 13.4 Å². The lowest BCUT2D eigenvalue weighted by Crippen LogP contribution is -2.24. The summed E-state index contributed by atoms with van der Waals surface area (Å²) in [7, 11) is -3.61. The van der Waals surface area contributed by atoms with E-state index < -0.39 is 10.0 Å². The first-order valence-electron chi connectivity index (χ1n) is 6.65. The molecule has 0 fully saturated rings. The van der Waals surface area contributed by atoms with Crippen LogP contribution in [0.25, 0.3) is 0 Å². The van der Waals surface area contributed by atoms with Crippen LogP contribution in [0.5, 0.6) is 0 Å². The van der Waals surface area contributed by atoms with Gasteiger partial charge >= 0.3 is 0 Å². The molecule has 2 aromatic rings. The van der Waals surface area contributed by atoms with E-state index in [1.165, 1.54) is 23.7 Å². The first-order chi connectivity index (χ1) is 9.97. The monoisotopic (exact) mass is 329 g/mol. The van der Waals surface area contributed by atoms with Crippen LogP contribution in [-0.4, -0.2) is 35.8 Å². The number of sulfonamides is 1. The van der Waals surface area contributed by atoms with Crippen molar-refractivity contribution in [2.45, 2.75) is 37.8 Å². The zero-order chi connectivity index (χ0) is 15.3. The average molecular weight is 329 g/mol. The maximum Gasteiger partial charge on any atom is 0.266 e. The fourth-order valence-corrected chi connectivity index (χ4v) is 3.43. The zero-order valence-electron chi connectivity index (χ0n) is 12.0. The molecule has 0 aliphatic carbocycles. The molecule has 0 aromatic carbocycles. The maximum atomic E-state index is 12.1. The molecule has 0 bridgehead atoms. The van der Waals surface area contributed by atoms with Crippen molar-refractivity contribution >= 4 is 26.5 Å². The molecule has 7 nitrogen and oxygen atoms in total. The van der Waals surface area contributed by atoms with Gasteiger partial charge in [0, 0.05) is 30.4 Å². The van der Waals surface area contributed by atoms with Gasteiger partial charge in [0.25, 0.3) is 10.0 Å². The Bertz CT molecular complexity index is 649. The quantitative estimate of drug-likeness (QED) is 0.717. The number of nitrogens with zero attached hydrogens (tertiary/aromatic N) is 3. The molecule has 9 heteroatoms. The fraction of sp³-hybridized carbons (Fsp3) is 0.500. The van der Waals surface area contributed by atoms with E-state index in [-0.39, 0.29) is 4.90 Å². The Labute approximate surface area is 128 Å². The molecule has 2 heterocycles. The van der Waals surface area contributed by atoms with E-state index in [1.54, 1.807) is 16.3 Å². The summed E-state index contributed by atoms with van der Waals surface area (Å²) in [4.78, 5) is 4.05. The minimum atomic E-state index is -3.61. The van der Waals surface area contributed by atoms with E-state index in [9.17, 15) is 8.42 Å². The summed E-state index contributed by atoms with van der Waals surface area (Å²) in [6, 6.07) is 0.445. The van der Waals surface area contributed by atoms with Crippen molar-refractivity contribution in [2.75, 3.05) is 11.3 Å². The Morgan fingerprint density at radius 3 is 2.90 bits per heavy atom. The lowest BCUT2D eigenvalue weighted by atomic mass is 10.3. The zero-order valence-corrected chi connectivity index (χ0v) is 13.6. The van der Waals surface area contributed by atoms with Crippen molar-refractivity contribution in [1.29, 1.82) is 0 Å². The SMILES string of the molecule is CC(C)NCCCn1cc(S(=O)(=O)Nc2nccs2)cn1. The van der Waals surface area contributed by atoms with E-state index in [4.69, 9.17) is 0 Å². The second-order valence-corrected chi connectivity index (χ2v) is 7.42. The predicted octanol–water partition coefficient (Wildman–Crippen LogP) is 1.53. The summed E-state index contributed by atoms with van der Waals surface area (Å²) in [6.07, 6.45) is 5.32. The summed E-state index contributed by atoms with van der Waals surface area (Å²) >= 11 is 1.23. The minimum absolute atomic E-state index is 0.148. The Morgan fingerprint density at radius 2 is 2.24 bits per heavy atom.